The molecule has 0 radical (unpaired) electrons. The topological polar surface area (TPSA) is 70.8 Å². The third kappa shape index (κ3) is 6.68. The number of hydrogen-bond acceptors (Lipinski definition) is 6. The Balaban J connectivity index is 1.21. The molecular weight excluding hydrogens is 452 g/mol. The van der Waals surface area contributed by atoms with Crippen LogP contribution in [0.2, 0.25) is 0 Å². The first-order valence-electron chi connectivity index (χ1n) is 13.7. The number of nitrogens with zero attached hydrogens (tertiary/aromatic N) is 3. The van der Waals surface area contributed by atoms with Crippen molar-refractivity contribution in [1.29, 1.82) is 0 Å². The highest BCUT2D eigenvalue weighted by atomic mass is 16.5. The van der Waals surface area contributed by atoms with E-state index >= 15 is 0 Å². The molecule has 4 rings (SSSR count). The molecule has 2 aromatic rings. The SMILES string of the molecule is COc1cccc(C)c1-c1nc(CN2CCC(C(=O)NCCCN3C[C@H](C)C[C@H](C)C3)CC2)c(C)o1. The van der Waals surface area contributed by atoms with Gasteiger partial charge in [-0.1, -0.05) is 26.0 Å². The summed E-state index contributed by atoms with van der Waals surface area (Å²) in [6.07, 6.45) is 4.15. The number of rotatable bonds is 9. The van der Waals surface area contributed by atoms with Crippen LogP contribution in [0.3, 0.4) is 0 Å². The largest absolute Gasteiger partial charge is 0.496 e. The summed E-state index contributed by atoms with van der Waals surface area (Å²) in [5, 5.41) is 3.20. The standard InChI is InChI=1S/C29H44N4O3/c1-20-16-21(2)18-33(17-20)13-7-12-30-28(34)24-10-14-32(15-11-24)19-25-23(4)36-29(31-25)27-22(3)8-6-9-26(27)35-5/h6,8-9,20-21,24H,7,10-19H2,1-5H3,(H,30,34)/t20-,21+. The van der Waals surface area contributed by atoms with Crippen LogP contribution in [0.15, 0.2) is 22.6 Å². The van der Waals surface area contributed by atoms with Crippen molar-refractivity contribution in [1.82, 2.24) is 20.1 Å². The highest BCUT2D eigenvalue weighted by molar-refractivity contribution is 5.78. The summed E-state index contributed by atoms with van der Waals surface area (Å²) < 4.78 is 11.6. The molecule has 0 aliphatic carbocycles. The van der Waals surface area contributed by atoms with Crippen LogP contribution in [0.5, 0.6) is 5.75 Å². The van der Waals surface area contributed by atoms with Gasteiger partial charge in [0.1, 0.15) is 11.5 Å². The Kier molecular flexibility index (Phi) is 9.07. The zero-order chi connectivity index (χ0) is 25.7. The van der Waals surface area contributed by atoms with Crippen LogP contribution in [0.25, 0.3) is 11.5 Å². The van der Waals surface area contributed by atoms with Crippen LogP contribution in [0.1, 0.15) is 56.5 Å². The van der Waals surface area contributed by atoms with Crippen LogP contribution in [0, 0.1) is 31.6 Å². The molecule has 7 heteroatoms. The van der Waals surface area contributed by atoms with Crippen LogP contribution >= 0.6 is 0 Å². The van der Waals surface area contributed by atoms with Crippen LogP contribution in [-0.4, -0.2) is 67.1 Å². The molecule has 2 aliphatic heterocycles. The van der Waals surface area contributed by atoms with Gasteiger partial charge < -0.3 is 19.4 Å². The first-order valence-corrected chi connectivity index (χ1v) is 13.7. The van der Waals surface area contributed by atoms with Gasteiger partial charge in [0, 0.05) is 32.1 Å². The Bertz CT molecular complexity index is 1000. The number of carbonyl (C=O) groups is 1. The van der Waals surface area contributed by atoms with Crippen molar-refractivity contribution in [2.24, 2.45) is 17.8 Å². The molecule has 198 valence electrons. The molecular formula is C29H44N4O3. The summed E-state index contributed by atoms with van der Waals surface area (Å²) in [6.45, 7) is 15.5. The maximum atomic E-state index is 12.7. The second kappa shape index (κ2) is 12.2. The molecule has 3 heterocycles. The maximum absolute atomic E-state index is 12.7. The number of aryl methyl sites for hydroxylation is 2. The minimum Gasteiger partial charge on any atom is -0.496 e. The Hall–Kier alpha value is -2.38. The summed E-state index contributed by atoms with van der Waals surface area (Å²) in [5.74, 6) is 4.13. The molecule has 1 aromatic heterocycles. The molecule has 0 bridgehead atoms. The number of likely N-dealkylation sites (tertiary alicyclic amines) is 2. The van der Waals surface area contributed by atoms with E-state index in [1.54, 1.807) is 7.11 Å². The number of benzene rings is 1. The number of amides is 1. The fraction of sp³-hybridized carbons (Fsp3) is 0.655. The lowest BCUT2D eigenvalue weighted by Gasteiger charge is -2.35. The van der Waals surface area contributed by atoms with Crippen molar-refractivity contribution < 1.29 is 13.9 Å². The summed E-state index contributed by atoms with van der Waals surface area (Å²) >= 11 is 0. The molecule has 1 amide bonds. The van der Waals surface area contributed by atoms with Gasteiger partial charge in [0.15, 0.2) is 0 Å². The van der Waals surface area contributed by atoms with E-state index in [0.717, 1.165) is 92.2 Å². The molecule has 1 aromatic carbocycles. The summed E-state index contributed by atoms with van der Waals surface area (Å²) in [6, 6.07) is 5.96. The average Bonchev–Trinajstić information content (AvgIpc) is 3.20. The van der Waals surface area contributed by atoms with Gasteiger partial charge in [0.05, 0.1) is 18.4 Å². The first-order chi connectivity index (χ1) is 17.3. The van der Waals surface area contributed by atoms with Crippen LogP contribution in [-0.2, 0) is 11.3 Å². The van der Waals surface area contributed by atoms with E-state index in [2.05, 4.69) is 29.0 Å². The van der Waals surface area contributed by atoms with Gasteiger partial charge in [-0.25, -0.2) is 4.98 Å². The maximum Gasteiger partial charge on any atom is 0.230 e. The lowest BCUT2D eigenvalue weighted by atomic mass is 9.92. The van der Waals surface area contributed by atoms with Crippen molar-refractivity contribution in [3.63, 3.8) is 0 Å². The van der Waals surface area contributed by atoms with Gasteiger partial charge in [-0.15, -0.1) is 0 Å². The van der Waals surface area contributed by atoms with Gasteiger partial charge in [0.2, 0.25) is 11.8 Å². The zero-order valence-corrected chi connectivity index (χ0v) is 22.8. The third-order valence-corrected chi connectivity index (χ3v) is 7.79. The predicted molar refractivity (Wildman–Crippen MR) is 143 cm³/mol. The van der Waals surface area contributed by atoms with E-state index in [9.17, 15) is 4.79 Å². The number of aromatic nitrogens is 1. The Labute approximate surface area is 216 Å². The molecule has 0 unspecified atom stereocenters. The second-order valence-corrected chi connectivity index (χ2v) is 11.1. The fourth-order valence-corrected chi connectivity index (χ4v) is 5.96. The zero-order valence-electron chi connectivity index (χ0n) is 22.8. The Morgan fingerprint density at radius 2 is 1.86 bits per heavy atom. The smallest absolute Gasteiger partial charge is 0.230 e. The molecule has 36 heavy (non-hydrogen) atoms. The van der Waals surface area contributed by atoms with Crippen molar-refractivity contribution in [3.05, 3.63) is 35.2 Å². The minimum atomic E-state index is 0.112. The number of ether oxygens (including phenoxy) is 1. The van der Waals surface area contributed by atoms with Gasteiger partial charge >= 0.3 is 0 Å². The van der Waals surface area contributed by atoms with Crippen molar-refractivity contribution in [2.75, 3.05) is 46.4 Å². The fourth-order valence-electron chi connectivity index (χ4n) is 5.96. The number of nitrogens with one attached hydrogen (secondary N) is 1. The van der Waals surface area contributed by atoms with E-state index in [1.807, 2.05) is 32.0 Å². The highest BCUT2D eigenvalue weighted by Gasteiger charge is 2.27. The monoisotopic (exact) mass is 496 g/mol. The minimum absolute atomic E-state index is 0.112. The molecule has 2 fully saturated rings. The van der Waals surface area contributed by atoms with E-state index < -0.39 is 0 Å². The molecule has 0 spiro atoms. The lowest BCUT2D eigenvalue weighted by molar-refractivity contribution is -0.126. The molecule has 2 saturated heterocycles. The van der Waals surface area contributed by atoms with E-state index in [-0.39, 0.29) is 11.8 Å². The van der Waals surface area contributed by atoms with Crippen LogP contribution < -0.4 is 10.1 Å². The van der Waals surface area contributed by atoms with Crippen LogP contribution in [0.4, 0.5) is 0 Å². The molecule has 0 saturated carbocycles. The number of methoxy groups -OCH3 is 1. The molecule has 2 atom stereocenters. The summed E-state index contributed by atoms with van der Waals surface area (Å²) in [4.78, 5) is 22.5. The number of piperidine rings is 2. The highest BCUT2D eigenvalue weighted by Crippen LogP contribution is 2.34. The number of carbonyl (C=O) groups excluding carboxylic acids is 1. The Morgan fingerprint density at radius 3 is 2.56 bits per heavy atom. The summed E-state index contributed by atoms with van der Waals surface area (Å²) in [7, 11) is 1.67. The Morgan fingerprint density at radius 1 is 1.14 bits per heavy atom. The average molecular weight is 497 g/mol. The lowest BCUT2D eigenvalue weighted by Crippen LogP contribution is -2.42. The number of hydrogen-bond donors (Lipinski definition) is 1. The molecule has 2 aliphatic rings. The van der Waals surface area contributed by atoms with Gasteiger partial charge in [0.25, 0.3) is 0 Å². The predicted octanol–water partition coefficient (Wildman–Crippen LogP) is 4.66. The third-order valence-electron chi connectivity index (χ3n) is 7.79. The van der Waals surface area contributed by atoms with Crippen molar-refractivity contribution in [3.8, 4) is 17.2 Å². The van der Waals surface area contributed by atoms with E-state index in [0.29, 0.717) is 5.89 Å². The quantitative estimate of drug-likeness (QED) is 0.509. The van der Waals surface area contributed by atoms with Crippen molar-refractivity contribution in [2.45, 2.75) is 59.9 Å². The van der Waals surface area contributed by atoms with Crippen molar-refractivity contribution >= 4 is 5.91 Å². The molecule has 7 nitrogen and oxygen atoms in total. The molecule has 1 N–H and O–H groups in total. The first kappa shape index (κ1) is 26.7. The van der Waals surface area contributed by atoms with E-state index in [4.69, 9.17) is 14.1 Å². The second-order valence-electron chi connectivity index (χ2n) is 11.1. The van der Waals surface area contributed by atoms with Gasteiger partial charge in [-0.3, -0.25) is 9.69 Å². The normalized spacial score (nSPS) is 22.0. The van der Waals surface area contributed by atoms with Gasteiger partial charge in [-0.05, 0) is 82.6 Å². The van der Waals surface area contributed by atoms with Gasteiger partial charge in [-0.2, -0.15) is 0 Å². The summed E-state index contributed by atoms with van der Waals surface area (Å²) in [5.41, 5.74) is 2.95. The van der Waals surface area contributed by atoms with E-state index in [1.165, 1.54) is 19.5 Å². The number of oxazole rings is 1.